The van der Waals surface area contributed by atoms with Gasteiger partial charge >= 0.3 is 0 Å². The maximum atomic E-state index is 13.1. The summed E-state index contributed by atoms with van der Waals surface area (Å²) in [6.07, 6.45) is 2.32. The molecule has 0 spiro atoms. The van der Waals surface area contributed by atoms with E-state index in [1.807, 2.05) is 16.8 Å². The molecule has 0 aromatic carbocycles. The molecule has 3 aromatic rings. The number of rotatable bonds is 5. The van der Waals surface area contributed by atoms with Crippen LogP contribution in [-0.4, -0.2) is 46.2 Å². The molecule has 4 heterocycles. The molecule has 0 saturated carbocycles. The highest BCUT2D eigenvalue weighted by molar-refractivity contribution is 7.89. The number of thiophene rings is 1. The van der Waals surface area contributed by atoms with Gasteiger partial charge in [-0.1, -0.05) is 5.16 Å². The van der Waals surface area contributed by atoms with Gasteiger partial charge in [0.15, 0.2) is 0 Å². The Hall–Kier alpha value is -2.04. The Morgan fingerprint density at radius 3 is 2.96 bits per heavy atom. The molecular formula is C17H21N5O3S2. The van der Waals surface area contributed by atoms with Gasteiger partial charge in [-0.2, -0.15) is 25.7 Å². The third-order valence-electron chi connectivity index (χ3n) is 4.85. The summed E-state index contributed by atoms with van der Waals surface area (Å²) >= 11 is 1.58. The molecule has 0 amide bonds. The fourth-order valence-electron chi connectivity index (χ4n) is 3.56. The van der Waals surface area contributed by atoms with Crippen LogP contribution in [0.15, 0.2) is 26.2 Å². The molecule has 4 rings (SSSR count). The van der Waals surface area contributed by atoms with E-state index in [1.165, 1.54) is 0 Å². The summed E-state index contributed by atoms with van der Waals surface area (Å²) in [7, 11) is -3.56. The van der Waals surface area contributed by atoms with Crippen LogP contribution in [0.2, 0.25) is 0 Å². The maximum Gasteiger partial charge on any atom is 0.246 e. The maximum absolute atomic E-state index is 13.1. The van der Waals surface area contributed by atoms with E-state index in [0.717, 1.165) is 18.4 Å². The largest absolute Gasteiger partial charge is 0.339 e. The van der Waals surface area contributed by atoms with Crippen molar-refractivity contribution >= 4 is 21.4 Å². The van der Waals surface area contributed by atoms with Crippen molar-refractivity contribution < 1.29 is 12.9 Å². The van der Waals surface area contributed by atoms with Gasteiger partial charge in [0.2, 0.25) is 21.7 Å². The highest BCUT2D eigenvalue weighted by Crippen LogP contribution is 2.28. The summed E-state index contributed by atoms with van der Waals surface area (Å²) in [6.45, 7) is 4.41. The van der Waals surface area contributed by atoms with Crippen LogP contribution in [0.3, 0.4) is 0 Å². The molecule has 10 heteroatoms. The van der Waals surface area contributed by atoms with E-state index < -0.39 is 10.0 Å². The summed E-state index contributed by atoms with van der Waals surface area (Å²) in [5, 5.41) is 14.8. The molecule has 1 saturated heterocycles. The van der Waals surface area contributed by atoms with Gasteiger partial charge in [-0.15, -0.1) is 0 Å². The number of nitrogens with zero attached hydrogens (tertiary/aromatic N) is 4. The molecule has 8 nitrogen and oxygen atoms in total. The number of H-pyrrole nitrogens is 1. The summed E-state index contributed by atoms with van der Waals surface area (Å²) in [5.41, 5.74) is 2.02. The van der Waals surface area contributed by atoms with E-state index in [4.69, 9.17) is 4.52 Å². The van der Waals surface area contributed by atoms with Gasteiger partial charge in [0, 0.05) is 30.5 Å². The Bertz CT molecular complexity index is 1000. The minimum Gasteiger partial charge on any atom is -0.339 e. The molecule has 1 atom stereocenters. The number of aromatic nitrogens is 4. The van der Waals surface area contributed by atoms with Gasteiger partial charge in [0.25, 0.3) is 0 Å². The molecular weight excluding hydrogens is 386 g/mol. The van der Waals surface area contributed by atoms with Crippen molar-refractivity contribution in [3.63, 3.8) is 0 Å². The summed E-state index contributed by atoms with van der Waals surface area (Å²) in [6, 6.07) is 1.95. The number of sulfonamides is 1. The van der Waals surface area contributed by atoms with Crippen LogP contribution >= 0.6 is 11.3 Å². The smallest absolute Gasteiger partial charge is 0.246 e. The monoisotopic (exact) mass is 407 g/mol. The summed E-state index contributed by atoms with van der Waals surface area (Å²) < 4.78 is 33.1. The average molecular weight is 408 g/mol. The molecule has 144 valence electrons. The zero-order valence-electron chi connectivity index (χ0n) is 15.2. The van der Waals surface area contributed by atoms with Crippen molar-refractivity contribution in [1.29, 1.82) is 0 Å². The number of hydrogen-bond acceptors (Lipinski definition) is 7. The number of nitrogens with one attached hydrogen (secondary N) is 1. The molecule has 1 N–H and O–H groups in total. The molecule has 0 radical (unpaired) electrons. The fourth-order valence-corrected chi connectivity index (χ4v) is 6.08. The van der Waals surface area contributed by atoms with Crippen LogP contribution in [0, 0.1) is 19.8 Å². The molecule has 3 aromatic heterocycles. The minimum absolute atomic E-state index is 0.150. The normalized spacial score (nSPS) is 18.8. The lowest BCUT2D eigenvalue weighted by atomic mass is 9.96. The molecule has 0 aliphatic carbocycles. The Balaban J connectivity index is 1.49. The van der Waals surface area contributed by atoms with Gasteiger partial charge in [0.1, 0.15) is 4.90 Å². The molecule has 1 unspecified atom stereocenters. The SMILES string of the molecule is Cc1n[nH]c(C)c1S(=O)(=O)N1CCCC(Cc2nc(-c3ccsc3)no2)C1. The molecule has 1 aliphatic heterocycles. The van der Waals surface area contributed by atoms with Crippen molar-refractivity contribution in [2.24, 2.45) is 5.92 Å². The molecule has 1 aliphatic rings. The number of aryl methyl sites for hydroxylation is 2. The van der Waals surface area contributed by atoms with Crippen molar-refractivity contribution in [3.8, 4) is 11.4 Å². The van der Waals surface area contributed by atoms with Gasteiger partial charge in [-0.25, -0.2) is 8.42 Å². The highest BCUT2D eigenvalue weighted by atomic mass is 32.2. The Kier molecular flexibility index (Phi) is 4.87. The van der Waals surface area contributed by atoms with Crippen LogP contribution in [0.4, 0.5) is 0 Å². The Labute approximate surface area is 161 Å². The van der Waals surface area contributed by atoms with Crippen LogP contribution in [0.5, 0.6) is 0 Å². The zero-order chi connectivity index (χ0) is 19.0. The first-order valence-electron chi connectivity index (χ1n) is 8.82. The van der Waals surface area contributed by atoms with E-state index in [1.54, 1.807) is 29.5 Å². The number of hydrogen-bond donors (Lipinski definition) is 1. The van der Waals surface area contributed by atoms with Gasteiger partial charge in [0.05, 0.1) is 11.4 Å². The quantitative estimate of drug-likeness (QED) is 0.697. The first-order valence-corrected chi connectivity index (χ1v) is 11.2. The van der Waals surface area contributed by atoms with E-state index in [9.17, 15) is 8.42 Å². The van der Waals surface area contributed by atoms with E-state index in [0.29, 0.717) is 47.5 Å². The third-order valence-corrected chi connectivity index (χ3v) is 7.66. The molecule has 1 fully saturated rings. The van der Waals surface area contributed by atoms with Gasteiger partial charge in [-0.05, 0) is 44.1 Å². The van der Waals surface area contributed by atoms with Crippen molar-refractivity contribution in [1.82, 2.24) is 24.6 Å². The minimum atomic E-state index is -3.56. The van der Waals surface area contributed by atoms with E-state index >= 15 is 0 Å². The standard InChI is InChI=1S/C17H21N5O3S2/c1-11-16(12(2)20-19-11)27(23,24)22-6-3-4-13(9-22)8-15-18-17(21-25-15)14-5-7-26-10-14/h5,7,10,13H,3-4,6,8-9H2,1-2H3,(H,19,20). The molecule has 27 heavy (non-hydrogen) atoms. The topological polar surface area (TPSA) is 105 Å². The van der Waals surface area contributed by atoms with Crippen molar-refractivity contribution in [3.05, 3.63) is 34.1 Å². The van der Waals surface area contributed by atoms with E-state index in [2.05, 4.69) is 20.3 Å². The first-order chi connectivity index (χ1) is 12.9. The average Bonchev–Trinajstić information content (AvgIpc) is 3.37. The predicted molar refractivity (Wildman–Crippen MR) is 101 cm³/mol. The number of aromatic amines is 1. The van der Waals surface area contributed by atoms with Crippen LogP contribution < -0.4 is 0 Å². The lowest BCUT2D eigenvalue weighted by molar-refractivity contribution is 0.247. The first kappa shape index (κ1) is 18.3. The summed E-state index contributed by atoms with van der Waals surface area (Å²) in [5.74, 6) is 1.28. The lowest BCUT2D eigenvalue weighted by Gasteiger charge is -2.31. The van der Waals surface area contributed by atoms with Crippen LogP contribution in [-0.2, 0) is 16.4 Å². The molecule has 0 bridgehead atoms. The lowest BCUT2D eigenvalue weighted by Crippen LogP contribution is -2.40. The summed E-state index contributed by atoms with van der Waals surface area (Å²) in [4.78, 5) is 4.75. The van der Waals surface area contributed by atoms with Crippen molar-refractivity contribution in [2.75, 3.05) is 13.1 Å². The second-order valence-electron chi connectivity index (χ2n) is 6.86. The second kappa shape index (κ2) is 7.17. The van der Waals surface area contributed by atoms with Crippen LogP contribution in [0.1, 0.15) is 30.1 Å². The second-order valence-corrected chi connectivity index (χ2v) is 9.52. The fraction of sp³-hybridized carbons (Fsp3) is 0.471. The van der Waals surface area contributed by atoms with E-state index in [-0.39, 0.29) is 5.92 Å². The number of piperidine rings is 1. The van der Waals surface area contributed by atoms with Crippen molar-refractivity contribution in [2.45, 2.75) is 38.0 Å². The third kappa shape index (κ3) is 3.56. The highest BCUT2D eigenvalue weighted by Gasteiger charge is 2.34. The Morgan fingerprint density at radius 2 is 2.26 bits per heavy atom. The van der Waals surface area contributed by atoms with Gasteiger partial charge < -0.3 is 4.52 Å². The van der Waals surface area contributed by atoms with Gasteiger partial charge in [-0.3, -0.25) is 5.10 Å². The zero-order valence-corrected chi connectivity index (χ0v) is 16.8. The Morgan fingerprint density at radius 1 is 1.41 bits per heavy atom. The van der Waals surface area contributed by atoms with Crippen LogP contribution in [0.25, 0.3) is 11.4 Å². The predicted octanol–water partition coefficient (Wildman–Crippen LogP) is 2.78.